The summed E-state index contributed by atoms with van der Waals surface area (Å²) in [5, 5.41) is 5.68. The fraction of sp³-hybridized carbons (Fsp3) is 0.333. The van der Waals surface area contributed by atoms with E-state index in [1.165, 1.54) is 0 Å². The Morgan fingerprint density at radius 3 is 2.62 bits per heavy atom. The molecule has 2 N–H and O–H groups in total. The first-order chi connectivity index (χ1) is 11.7. The van der Waals surface area contributed by atoms with Crippen LogP contribution in [0.15, 0.2) is 42.6 Å². The van der Waals surface area contributed by atoms with Crippen molar-refractivity contribution >= 4 is 6.03 Å². The van der Waals surface area contributed by atoms with E-state index >= 15 is 0 Å². The molecule has 0 spiro atoms. The summed E-state index contributed by atoms with van der Waals surface area (Å²) in [7, 11) is 1.56. The number of hydrogen-bond donors (Lipinski definition) is 2. The highest BCUT2D eigenvalue weighted by molar-refractivity contribution is 5.73. The van der Waals surface area contributed by atoms with E-state index in [1.54, 1.807) is 19.4 Å². The second kappa shape index (κ2) is 9.52. The quantitative estimate of drug-likeness (QED) is 0.781. The molecule has 0 radical (unpaired) electrons. The van der Waals surface area contributed by atoms with Crippen molar-refractivity contribution in [3.05, 3.63) is 59.3 Å². The van der Waals surface area contributed by atoms with E-state index in [4.69, 9.17) is 9.47 Å². The Morgan fingerprint density at radius 1 is 1.12 bits per heavy atom. The number of carbonyl (C=O) groups excluding carboxylic acids is 1. The van der Waals surface area contributed by atoms with E-state index in [9.17, 15) is 4.79 Å². The summed E-state index contributed by atoms with van der Waals surface area (Å²) >= 11 is 0. The number of rotatable bonds is 8. The van der Waals surface area contributed by atoms with Crippen LogP contribution in [0.5, 0.6) is 5.88 Å². The Bertz CT molecular complexity index is 661. The number of amides is 2. The molecule has 0 aliphatic heterocycles. The van der Waals surface area contributed by atoms with Gasteiger partial charge in [0.15, 0.2) is 0 Å². The maximum Gasteiger partial charge on any atom is 0.315 e. The Kier molecular flexibility index (Phi) is 7.04. The van der Waals surface area contributed by atoms with E-state index in [2.05, 4.69) is 15.6 Å². The van der Waals surface area contributed by atoms with Crippen molar-refractivity contribution in [1.29, 1.82) is 0 Å². The van der Waals surface area contributed by atoms with Crippen molar-refractivity contribution in [2.24, 2.45) is 0 Å². The lowest BCUT2D eigenvalue weighted by molar-refractivity contribution is 0.133. The molecule has 0 unspecified atom stereocenters. The van der Waals surface area contributed by atoms with Crippen LogP contribution in [0.1, 0.15) is 23.6 Å². The first-order valence-electron chi connectivity index (χ1n) is 7.88. The zero-order chi connectivity index (χ0) is 17.2. The van der Waals surface area contributed by atoms with Gasteiger partial charge in [-0.1, -0.05) is 24.3 Å². The number of benzene rings is 1. The van der Waals surface area contributed by atoms with Gasteiger partial charge in [0.05, 0.1) is 13.7 Å². The number of ether oxygens (including phenoxy) is 2. The Balaban J connectivity index is 1.83. The average molecular weight is 329 g/mol. The first kappa shape index (κ1) is 17.7. The molecule has 0 saturated carbocycles. The molecule has 0 aliphatic rings. The largest absolute Gasteiger partial charge is 0.481 e. The normalized spacial score (nSPS) is 10.2. The van der Waals surface area contributed by atoms with Crippen molar-refractivity contribution in [1.82, 2.24) is 15.6 Å². The Hall–Kier alpha value is -2.60. The van der Waals surface area contributed by atoms with E-state index < -0.39 is 0 Å². The van der Waals surface area contributed by atoms with Crippen LogP contribution < -0.4 is 15.4 Å². The molecule has 0 saturated heterocycles. The molecule has 0 bridgehead atoms. The number of carbonyl (C=O) groups is 1. The molecule has 2 aromatic rings. The maximum atomic E-state index is 12.0. The van der Waals surface area contributed by atoms with Crippen molar-refractivity contribution < 1.29 is 14.3 Å². The van der Waals surface area contributed by atoms with E-state index in [-0.39, 0.29) is 6.03 Å². The van der Waals surface area contributed by atoms with E-state index in [0.29, 0.717) is 32.2 Å². The lowest BCUT2D eigenvalue weighted by Crippen LogP contribution is -2.34. The van der Waals surface area contributed by atoms with Crippen molar-refractivity contribution in [2.75, 3.05) is 13.7 Å². The summed E-state index contributed by atoms with van der Waals surface area (Å²) in [6, 6.07) is 11.3. The molecule has 0 aliphatic carbocycles. The number of methoxy groups -OCH3 is 1. The topological polar surface area (TPSA) is 72.5 Å². The molecule has 2 amide bonds. The molecule has 0 atom stereocenters. The lowest BCUT2D eigenvalue weighted by Gasteiger charge is -2.12. The fourth-order valence-corrected chi connectivity index (χ4v) is 2.18. The molecule has 2 rings (SSSR count). The van der Waals surface area contributed by atoms with Crippen molar-refractivity contribution in [3.8, 4) is 5.88 Å². The van der Waals surface area contributed by atoms with Crippen LogP contribution in [0, 0.1) is 0 Å². The van der Waals surface area contributed by atoms with Gasteiger partial charge in [-0.05, 0) is 29.7 Å². The fourth-order valence-electron chi connectivity index (χ4n) is 2.18. The van der Waals surface area contributed by atoms with Gasteiger partial charge in [0, 0.05) is 32.0 Å². The minimum Gasteiger partial charge on any atom is -0.481 e. The predicted molar refractivity (Wildman–Crippen MR) is 91.6 cm³/mol. The summed E-state index contributed by atoms with van der Waals surface area (Å²) in [4.78, 5) is 16.0. The van der Waals surface area contributed by atoms with Crippen LogP contribution in [0.25, 0.3) is 0 Å². The summed E-state index contributed by atoms with van der Waals surface area (Å²) in [5.41, 5.74) is 3.05. The minimum atomic E-state index is -0.225. The molecule has 1 aromatic carbocycles. The van der Waals surface area contributed by atoms with Crippen molar-refractivity contribution in [3.63, 3.8) is 0 Å². The molecule has 128 valence electrons. The van der Waals surface area contributed by atoms with Crippen LogP contribution in [0.3, 0.4) is 0 Å². The standard InChI is InChI=1S/C18H23N3O3/c1-3-24-13-16-7-5-4-6-15(16)12-21-18(22)20-11-14-8-9-19-17(10-14)23-2/h4-10H,3,11-13H2,1-2H3,(H2,20,21,22). The molecule has 6 heteroatoms. The third-order valence-electron chi connectivity index (χ3n) is 3.48. The minimum absolute atomic E-state index is 0.225. The molecule has 1 heterocycles. The SMILES string of the molecule is CCOCc1ccccc1CNC(=O)NCc1ccnc(OC)c1. The number of aromatic nitrogens is 1. The summed E-state index contributed by atoms with van der Waals surface area (Å²) in [5.74, 6) is 0.527. The van der Waals surface area contributed by atoms with Crippen LogP contribution >= 0.6 is 0 Å². The summed E-state index contributed by atoms with van der Waals surface area (Å²) < 4.78 is 10.5. The van der Waals surface area contributed by atoms with Gasteiger partial charge in [0.25, 0.3) is 0 Å². The van der Waals surface area contributed by atoms with E-state index in [0.717, 1.165) is 16.7 Å². The van der Waals surface area contributed by atoms with Crippen LogP contribution in [-0.2, 0) is 24.4 Å². The number of pyridine rings is 1. The highest BCUT2D eigenvalue weighted by Gasteiger charge is 2.05. The number of hydrogen-bond acceptors (Lipinski definition) is 4. The van der Waals surface area contributed by atoms with Crippen LogP contribution in [-0.4, -0.2) is 24.7 Å². The summed E-state index contributed by atoms with van der Waals surface area (Å²) in [6.45, 7) is 4.03. The Labute approximate surface area is 142 Å². The lowest BCUT2D eigenvalue weighted by atomic mass is 10.1. The maximum absolute atomic E-state index is 12.0. The van der Waals surface area contributed by atoms with Gasteiger partial charge in [0.1, 0.15) is 0 Å². The zero-order valence-electron chi connectivity index (χ0n) is 14.0. The van der Waals surface area contributed by atoms with Gasteiger partial charge >= 0.3 is 6.03 Å². The third-order valence-corrected chi connectivity index (χ3v) is 3.48. The smallest absolute Gasteiger partial charge is 0.315 e. The highest BCUT2D eigenvalue weighted by Crippen LogP contribution is 2.10. The molecular weight excluding hydrogens is 306 g/mol. The number of nitrogens with one attached hydrogen (secondary N) is 2. The van der Waals surface area contributed by atoms with Gasteiger partial charge in [-0.2, -0.15) is 0 Å². The predicted octanol–water partition coefficient (Wildman–Crippen LogP) is 2.63. The second-order valence-corrected chi connectivity index (χ2v) is 5.15. The Morgan fingerprint density at radius 2 is 1.88 bits per heavy atom. The average Bonchev–Trinajstić information content (AvgIpc) is 2.63. The van der Waals surface area contributed by atoms with Crippen LogP contribution in [0.4, 0.5) is 4.79 Å². The monoisotopic (exact) mass is 329 g/mol. The number of nitrogens with zero attached hydrogens (tertiary/aromatic N) is 1. The third kappa shape index (κ3) is 5.55. The van der Waals surface area contributed by atoms with Gasteiger partial charge in [-0.25, -0.2) is 9.78 Å². The molecule has 0 fully saturated rings. The highest BCUT2D eigenvalue weighted by atomic mass is 16.5. The van der Waals surface area contributed by atoms with Crippen molar-refractivity contribution in [2.45, 2.75) is 26.6 Å². The van der Waals surface area contributed by atoms with Gasteiger partial charge < -0.3 is 20.1 Å². The summed E-state index contributed by atoms with van der Waals surface area (Å²) in [6.07, 6.45) is 1.65. The van der Waals surface area contributed by atoms with E-state index in [1.807, 2.05) is 37.3 Å². The second-order valence-electron chi connectivity index (χ2n) is 5.15. The molecule has 1 aromatic heterocycles. The molecule has 6 nitrogen and oxygen atoms in total. The molecule has 24 heavy (non-hydrogen) atoms. The number of urea groups is 1. The molecular formula is C18H23N3O3. The van der Waals surface area contributed by atoms with Gasteiger partial charge in [-0.15, -0.1) is 0 Å². The van der Waals surface area contributed by atoms with Crippen LogP contribution in [0.2, 0.25) is 0 Å². The zero-order valence-corrected chi connectivity index (χ0v) is 14.0. The van der Waals surface area contributed by atoms with Gasteiger partial charge in [0.2, 0.25) is 5.88 Å². The first-order valence-corrected chi connectivity index (χ1v) is 7.88. The van der Waals surface area contributed by atoms with Gasteiger partial charge in [-0.3, -0.25) is 0 Å².